The molecule has 1 aliphatic carbocycles. The highest BCUT2D eigenvalue weighted by molar-refractivity contribution is 7.11. The maximum absolute atomic E-state index is 6.58. The Labute approximate surface area is 112 Å². The first-order valence-corrected chi connectivity index (χ1v) is 7.63. The van der Waals surface area contributed by atoms with Crippen molar-refractivity contribution in [1.29, 1.82) is 0 Å². The van der Waals surface area contributed by atoms with Crippen molar-refractivity contribution in [2.45, 2.75) is 50.2 Å². The predicted molar refractivity (Wildman–Crippen MR) is 74.5 cm³/mol. The molecule has 0 saturated heterocycles. The first-order valence-electron chi connectivity index (χ1n) is 6.81. The molecule has 2 aliphatic rings. The SMILES string of the molecule is CN1CCc2nc(C3(N)CCCCC3N)sc2C1. The maximum Gasteiger partial charge on any atom is 0.115 e. The lowest BCUT2D eigenvalue weighted by molar-refractivity contribution is 0.255. The second kappa shape index (κ2) is 4.56. The Hall–Kier alpha value is -0.490. The number of hydrogen-bond acceptors (Lipinski definition) is 5. The fourth-order valence-corrected chi connectivity index (χ4v) is 4.40. The van der Waals surface area contributed by atoms with Crippen LogP contribution in [0.15, 0.2) is 0 Å². The number of hydrogen-bond donors (Lipinski definition) is 2. The summed E-state index contributed by atoms with van der Waals surface area (Å²) in [5, 5.41) is 1.08. The number of nitrogens with zero attached hydrogens (tertiary/aromatic N) is 2. The smallest absolute Gasteiger partial charge is 0.115 e. The first-order chi connectivity index (χ1) is 8.59. The molecule has 4 N–H and O–H groups in total. The highest BCUT2D eigenvalue weighted by Crippen LogP contribution is 2.38. The van der Waals surface area contributed by atoms with Crippen LogP contribution >= 0.6 is 11.3 Å². The minimum absolute atomic E-state index is 0.0663. The normalized spacial score (nSPS) is 33.4. The molecule has 100 valence electrons. The molecule has 1 aromatic rings. The van der Waals surface area contributed by atoms with Crippen LogP contribution in [0.3, 0.4) is 0 Å². The topological polar surface area (TPSA) is 68.2 Å². The van der Waals surface area contributed by atoms with E-state index in [2.05, 4.69) is 11.9 Å². The zero-order valence-corrected chi connectivity index (χ0v) is 11.8. The van der Waals surface area contributed by atoms with Crippen LogP contribution in [0.4, 0.5) is 0 Å². The third-order valence-corrected chi connectivity index (χ3v) is 5.61. The van der Waals surface area contributed by atoms with Crippen molar-refractivity contribution in [3.05, 3.63) is 15.6 Å². The van der Waals surface area contributed by atoms with Crippen LogP contribution in [0.1, 0.15) is 41.3 Å². The van der Waals surface area contributed by atoms with Gasteiger partial charge in [-0.1, -0.05) is 12.8 Å². The Morgan fingerprint density at radius 2 is 2.28 bits per heavy atom. The van der Waals surface area contributed by atoms with Gasteiger partial charge in [-0.25, -0.2) is 4.98 Å². The number of rotatable bonds is 1. The van der Waals surface area contributed by atoms with Crippen LogP contribution in [0.5, 0.6) is 0 Å². The van der Waals surface area contributed by atoms with E-state index in [0.717, 1.165) is 37.4 Å². The van der Waals surface area contributed by atoms with Gasteiger partial charge in [-0.3, -0.25) is 0 Å². The fourth-order valence-electron chi connectivity index (χ4n) is 3.01. The Bertz CT molecular complexity index is 444. The van der Waals surface area contributed by atoms with E-state index >= 15 is 0 Å². The number of aromatic nitrogens is 1. The molecule has 18 heavy (non-hydrogen) atoms. The van der Waals surface area contributed by atoms with E-state index in [9.17, 15) is 0 Å². The van der Waals surface area contributed by atoms with Gasteiger partial charge in [0.25, 0.3) is 0 Å². The predicted octanol–water partition coefficient (Wildman–Crippen LogP) is 1.19. The molecule has 2 atom stereocenters. The van der Waals surface area contributed by atoms with Crippen molar-refractivity contribution in [1.82, 2.24) is 9.88 Å². The Morgan fingerprint density at radius 3 is 3.06 bits per heavy atom. The zero-order chi connectivity index (χ0) is 12.8. The number of thiazole rings is 1. The van der Waals surface area contributed by atoms with Gasteiger partial charge < -0.3 is 16.4 Å². The van der Waals surface area contributed by atoms with Gasteiger partial charge in [-0.05, 0) is 19.9 Å². The van der Waals surface area contributed by atoms with Crippen LogP contribution in [-0.4, -0.2) is 29.5 Å². The number of fused-ring (bicyclic) bond motifs is 1. The summed E-state index contributed by atoms with van der Waals surface area (Å²) in [5.41, 5.74) is 13.7. The summed E-state index contributed by atoms with van der Waals surface area (Å²) in [6, 6.07) is 0.0663. The van der Waals surface area contributed by atoms with E-state index in [0.29, 0.717) is 0 Å². The molecule has 0 spiro atoms. The van der Waals surface area contributed by atoms with Crippen LogP contribution in [0.25, 0.3) is 0 Å². The fraction of sp³-hybridized carbons (Fsp3) is 0.769. The summed E-state index contributed by atoms with van der Waals surface area (Å²) in [6.45, 7) is 2.11. The molecular weight excluding hydrogens is 244 g/mol. The molecule has 0 amide bonds. The quantitative estimate of drug-likeness (QED) is 0.801. The summed E-state index contributed by atoms with van der Waals surface area (Å²) in [6.07, 6.45) is 5.44. The molecule has 5 heteroatoms. The monoisotopic (exact) mass is 266 g/mol. The number of likely N-dealkylation sites (N-methyl/N-ethyl adjacent to an activating group) is 1. The highest BCUT2D eigenvalue weighted by Gasteiger charge is 2.40. The highest BCUT2D eigenvalue weighted by atomic mass is 32.1. The van der Waals surface area contributed by atoms with Gasteiger partial charge in [0.2, 0.25) is 0 Å². The molecule has 1 aromatic heterocycles. The van der Waals surface area contributed by atoms with Crippen LogP contribution in [-0.2, 0) is 18.5 Å². The number of nitrogens with two attached hydrogens (primary N) is 2. The maximum atomic E-state index is 6.58. The van der Waals surface area contributed by atoms with Crippen LogP contribution < -0.4 is 11.5 Å². The summed E-state index contributed by atoms with van der Waals surface area (Å²) >= 11 is 1.79. The standard InChI is InChI=1S/C13H22N4S/c1-17-7-5-9-10(8-17)18-12(16-9)13(15)6-3-2-4-11(13)14/h11H,2-8,14-15H2,1H3. The van der Waals surface area contributed by atoms with Gasteiger partial charge in [-0.15, -0.1) is 11.3 Å². The zero-order valence-electron chi connectivity index (χ0n) is 11.0. The lowest BCUT2D eigenvalue weighted by Gasteiger charge is -2.37. The Balaban J connectivity index is 1.92. The first kappa shape index (κ1) is 12.5. The van der Waals surface area contributed by atoms with Crippen LogP contribution in [0, 0.1) is 0 Å². The van der Waals surface area contributed by atoms with Crippen molar-refractivity contribution in [2.24, 2.45) is 11.5 Å². The average Bonchev–Trinajstić information content (AvgIpc) is 2.76. The lowest BCUT2D eigenvalue weighted by Crippen LogP contribution is -2.54. The van der Waals surface area contributed by atoms with Crippen LogP contribution in [0.2, 0.25) is 0 Å². The van der Waals surface area contributed by atoms with Crippen molar-refractivity contribution in [3.63, 3.8) is 0 Å². The van der Waals surface area contributed by atoms with Gasteiger partial charge in [0.05, 0.1) is 11.2 Å². The van der Waals surface area contributed by atoms with Gasteiger partial charge in [0.1, 0.15) is 5.01 Å². The Kier molecular flexibility index (Phi) is 3.18. The van der Waals surface area contributed by atoms with E-state index in [4.69, 9.17) is 16.5 Å². The second-order valence-electron chi connectivity index (χ2n) is 5.77. The van der Waals surface area contributed by atoms with Gasteiger partial charge >= 0.3 is 0 Å². The lowest BCUT2D eigenvalue weighted by atomic mass is 9.79. The minimum atomic E-state index is -0.376. The molecule has 3 rings (SSSR count). The van der Waals surface area contributed by atoms with Gasteiger partial charge in [-0.2, -0.15) is 0 Å². The average molecular weight is 266 g/mol. The molecule has 1 aliphatic heterocycles. The van der Waals surface area contributed by atoms with Crippen molar-refractivity contribution in [2.75, 3.05) is 13.6 Å². The molecule has 0 aromatic carbocycles. The van der Waals surface area contributed by atoms with Gasteiger partial charge in [0, 0.05) is 30.4 Å². The largest absolute Gasteiger partial charge is 0.326 e. The van der Waals surface area contributed by atoms with E-state index in [1.807, 2.05) is 0 Å². The summed E-state index contributed by atoms with van der Waals surface area (Å²) in [7, 11) is 2.16. The molecule has 4 nitrogen and oxygen atoms in total. The molecule has 0 bridgehead atoms. The van der Waals surface area contributed by atoms with Crippen molar-refractivity contribution >= 4 is 11.3 Å². The summed E-state index contributed by atoms with van der Waals surface area (Å²) in [5.74, 6) is 0. The molecule has 2 unspecified atom stereocenters. The van der Waals surface area contributed by atoms with E-state index in [1.54, 1.807) is 11.3 Å². The minimum Gasteiger partial charge on any atom is -0.326 e. The Morgan fingerprint density at radius 1 is 1.44 bits per heavy atom. The molecule has 1 fully saturated rings. The van der Waals surface area contributed by atoms with E-state index < -0.39 is 0 Å². The summed E-state index contributed by atoms with van der Waals surface area (Å²) < 4.78 is 0. The molecule has 1 saturated carbocycles. The second-order valence-corrected chi connectivity index (χ2v) is 6.85. The van der Waals surface area contributed by atoms with E-state index in [1.165, 1.54) is 23.4 Å². The third kappa shape index (κ3) is 1.99. The van der Waals surface area contributed by atoms with Crippen molar-refractivity contribution in [3.8, 4) is 0 Å². The summed E-state index contributed by atoms with van der Waals surface area (Å²) in [4.78, 5) is 8.55. The van der Waals surface area contributed by atoms with E-state index in [-0.39, 0.29) is 11.6 Å². The van der Waals surface area contributed by atoms with Crippen molar-refractivity contribution < 1.29 is 0 Å². The molecule has 2 heterocycles. The van der Waals surface area contributed by atoms with Gasteiger partial charge in [0.15, 0.2) is 0 Å². The third-order valence-electron chi connectivity index (χ3n) is 4.34. The molecule has 0 radical (unpaired) electrons. The molecular formula is C13H22N4S.